The molecule has 3 heteroatoms. The minimum absolute atomic E-state index is 0.307. The maximum atomic E-state index is 13.2. The maximum absolute atomic E-state index is 13.2. The Morgan fingerprint density at radius 1 is 1.57 bits per heavy atom. The summed E-state index contributed by atoms with van der Waals surface area (Å²) in [6.45, 7) is 2.11. The molecule has 0 aromatic carbocycles. The quantitative estimate of drug-likeness (QED) is 0.726. The number of hydrogen-bond donors (Lipinski definition) is 1. The molecule has 0 amide bonds. The molecule has 2 rings (SSSR count). The van der Waals surface area contributed by atoms with Gasteiger partial charge in [-0.1, -0.05) is 6.07 Å². The van der Waals surface area contributed by atoms with E-state index in [9.17, 15) is 4.39 Å². The van der Waals surface area contributed by atoms with Crippen LogP contribution in [0.15, 0.2) is 18.3 Å². The van der Waals surface area contributed by atoms with Gasteiger partial charge < -0.3 is 5.32 Å². The van der Waals surface area contributed by atoms with Crippen LogP contribution in [0.25, 0.3) is 0 Å². The van der Waals surface area contributed by atoms with E-state index in [-0.39, 0.29) is 5.95 Å². The fourth-order valence-corrected chi connectivity index (χ4v) is 1.98. The van der Waals surface area contributed by atoms with Gasteiger partial charge in [-0.2, -0.15) is 4.39 Å². The summed E-state index contributed by atoms with van der Waals surface area (Å²) in [6.07, 6.45) is 4.71. The van der Waals surface area contributed by atoms with Gasteiger partial charge in [0.25, 0.3) is 0 Å². The second-order valence-corrected chi connectivity index (χ2v) is 3.87. The van der Waals surface area contributed by atoms with Gasteiger partial charge >= 0.3 is 0 Å². The fourth-order valence-electron chi connectivity index (χ4n) is 1.98. The van der Waals surface area contributed by atoms with Crippen molar-refractivity contribution < 1.29 is 4.39 Å². The lowest BCUT2D eigenvalue weighted by Gasteiger charge is -2.22. The molecule has 1 saturated heterocycles. The van der Waals surface area contributed by atoms with Crippen LogP contribution < -0.4 is 5.32 Å². The predicted molar refractivity (Wildman–Crippen MR) is 53.5 cm³/mol. The van der Waals surface area contributed by atoms with Gasteiger partial charge in [0, 0.05) is 11.8 Å². The van der Waals surface area contributed by atoms with E-state index in [0.29, 0.717) is 5.92 Å². The van der Waals surface area contributed by atoms with Crippen molar-refractivity contribution >= 4 is 0 Å². The first-order valence-corrected chi connectivity index (χ1v) is 5.16. The van der Waals surface area contributed by atoms with Gasteiger partial charge in [-0.3, -0.25) is 0 Å². The first-order valence-electron chi connectivity index (χ1n) is 5.16. The summed E-state index contributed by atoms with van der Waals surface area (Å²) in [4.78, 5) is 3.66. The summed E-state index contributed by atoms with van der Waals surface area (Å²) in [5, 5.41) is 3.33. The van der Waals surface area contributed by atoms with E-state index in [2.05, 4.69) is 10.3 Å². The highest BCUT2D eigenvalue weighted by Crippen LogP contribution is 2.17. The van der Waals surface area contributed by atoms with Crippen molar-refractivity contribution in [1.29, 1.82) is 0 Å². The molecule has 1 atom stereocenters. The van der Waals surface area contributed by atoms with E-state index < -0.39 is 0 Å². The molecule has 0 radical (unpaired) electrons. The number of nitrogens with one attached hydrogen (secondary N) is 1. The van der Waals surface area contributed by atoms with Crippen LogP contribution in [0.4, 0.5) is 4.39 Å². The second kappa shape index (κ2) is 4.51. The van der Waals surface area contributed by atoms with E-state index in [1.807, 2.05) is 6.07 Å². The van der Waals surface area contributed by atoms with Crippen molar-refractivity contribution in [2.24, 2.45) is 5.92 Å². The lowest BCUT2D eigenvalue weighted by molar-refractivity contribution is 0.370. The van der Waals surface area contributed by atoms with Crippen molar-refractivity contribution in [1.82, 2.24) is 10.3 Å². The molecule has 1 aliphatic rings. The Labute approximate surface area is 83.6 Å². The molecule has 1 aliphatic heterocycles. The average molecular weight is 194 g/mol. The molecule has 1 unspecified atom stereocenters. The first kappa shape index (κ1) is 9.59. The molecular formula is C11H15FN2. The van der Waals surface area contributed by atoms with Gasteiger partial charge in [0.1, 0.15) is 0 Å². The Bertz CT molecular complexity index is 295. The van der Waals surface area contributed by atoms with Crippen LogP contribution in [-0.2, 0) is 6.42 Å². The summed E-state index contributed by atoms with van der Waals surface area (Å²) in [5.74, 6) is 0.264. The lowest BCUT2D eigenvalue weighted by atomic mass is 9.93. The summed E-state index contributed by atoms with van der Waals surface area (Å²) < 4.78 is 13.2. The molecule has 14 heavy (non-hydrogen) atoms. The SMILES string of the molecule is Fc1ncccc1CC1CCCNC1. The number of rotatable bonds is 2. The van der Waals surface area contributed by atoms with E-state index in [1.54, 1.807) is 6.07 Å². The molecule has 2 nitrogen and oxygen atoms in total. The molecule has 0 aliphatic carbocycles. The standard InChI is InChI=1S/C11H15FN2/c12-11-10(4-2-6-14-11)7-9-3-1-5-13-8-9/h2,4,6,9,13H,1,3,5,7-8H2. The number of nitrogens with zero attached hydrogens (tertiary/aromatic N) is 1. The molecule has 1 N–H and O–H groups in total. The van der Waals surface area contributed by atoms with Crippen LogP contribution in [0, 0.1) is 11.9 Å². The monoisotopic (exact) mass is 194 g/mol. The molecule has 1 aromatic heterocycles. The van der Waals surface area contributed by atoms with Gasteiger partial charge in [0.05, 0.1) is 0 Å². The average Bonchev–Trinajstić information content (AvgIpc) is 2.23. The summed E-state index contributed by atoms with van der Waals surface area (Å²) in [7, 11) is 0. The molecule has 1 fully saturated rings. The highest BCUT2D eigenvalue weighted by molar-refractivity contribution is 5.11. The van der Waals surface area contributed by atoms with Crippen molar-refractivity contribution in [3.63, 3.8) is 0 Å². The van der Waals surface area contributed by atoms with Crippen LogP contribution in [0.5, 0.6) is 0 Å². The molecule has 0 spiro atoms. The fraction of sp³-hybridized carbons (Fsp3) is 0.545. The normalized spacial score (nSPS) is 22.2. The van der Waals surface area contributed by atoms with Crippen LogP contribution in [-0.4, -0.2) is 18.1 Å². The van der Waals surface area contributed by atoms with Gasteiger partial charge in [0.15, 0.2) is 0 Å². The van der Waals surface area contributed by atoms with Gasteiger partial charge in [-0.05, 0) is 44.3 Å². The highest BCUT2D eigenvalue weighted by atomic mass is 19.1. The van der Waals surface area contributed by atoms with Crippen LogP contribution >= 0.6 is 0 Å². The molecule has 76 valence electrons. The smallest absolute Gasteiger partial charge is 0.216 e. The Morgan fingerprint density at radius 2 is 2.50 bits per heavy atom. The molecule has 2 heterocycles. The largest absolute Gasteiger partial charge is 0.316 e. The Hall–Kier alpha value is -0.960. The minimum Gasteiger partial charge on any atom is -0.316 e. The third kappa shape index (κ3) is 2.29. The van der Waals surface area contributed by atoms with Crippen LogP contribution in [0.1, 0.15) is 18.4 Å². The van der Waals surface area contributed by atoms with E-state index >= 15 is 0 Å². The number of hydrogen-bond acceptors (Lipinski definition) is 2. The third-order valence-electron chi connectivity index (χ3n) is 2.74. The Balaban J connectivity index is 1.99. The Kier molecular flexibility index (Phi) is 3.09. The van der Waals surface area contributed by atoms with Crippen molar-refractivity contribution in [3.05, 3.63) is 29.8 Å². The van der Waals surface area contributed by atoms with Gasteiger partial charge in [-0.25, -0.2) is 4.98 Å². The first-order chi connectivity index (χ1) is 6.86. The lowest BCUT2D eigenvalue weighted by Crippen LogP contribution is -2.31. The topological polar surface area (TPSA) is 24.9 Å². The summed E-state index contributed by atoms with van der Waals surface area (Å²) in [6, 6.07) is 3.63. The minimum atomic E-state index is -0.307. The van der Waals surface area contributed by atoms with Gasteiger partial charge in [0.2, 0.25) is 5.95 Å². The molecule has 0 saturated carbocycles. The number of pyridine rings is 1. The summed E-state index contributed by atoms with van der Waals surface area (Å²) >= 11 is 0. The molecular weight excluding hydrogens is 179 g/mol. The second-order valence-electron chi connectivity index (χ2n) is 3.87. The van der Waals surface area contributed by atoms with Crippen LogP contribution in [0.3, 0.4) is 0 Å². The highest BCUT2D eigenvalue weighted by Gasteiger charge is 2.15. The maximum Gasteiger partial charge on any atom is 0.216 e. The third-order valence-corrected chi connectivity index (χ3v) is 2.74. The number of halogens is 1. The Morgan fingerprint density at radius 3 is 3.21 bits per heavy atom. The van der Waals surface area contributed by atoms with E-state index in [4.69, 9.17) is 0 Å². The predicted octanol–water partition coefficient (Wildman–Crippen LogP) is 1.76. The zero-order valence-electron chi connectivity index (χ0n) is 8.17. The van der Waals surface area contributed by atoms with E-state index in [0.717, 1.165) is 25.1 Å². The zero-order valence-corrected chi connectivity index (χ0v) is 8.17. The molecule has 1 aromatic rings. The number of aromatic nitrogens is 1. The van der Waals surface area contributed by atoms with E-state index in [1.165, 1.54) is 19.0 Å². The van der Waals surface area contributed by atoms with Crippen molar-refractivity contribution in [3.8, 4) is 0 Å². The van der Waals surface area contributed by atoms with Gasteiger partial charge in [-0.15, -0.1) is 0 Å². The zero-order chi connectivity index (χ0) is 9.80. The number of piperidine rings is 1. The van der Waals surface area contributed by atoms with Crippen molar-refractivity contribution in [2.75, 3.05) is 13.1 Å². The van der Waals surface area contributed by atoms with Crippen LogP contribution in [0.2, 0.25) is 0 Å². The molecule has 0 bridgehead atoms. The summed E-state index contributed by atoms with van der Waals surface area (Å²) in [5.41, 5.74) is 0.751. The van der Waals surface area contributed by atoms with Crippen molar-refractivity contribution in [2.45, 2.75) is 19.3 Å².